The molecule has 0 saturated heterocycles. The molecule has 0 aliphatic rings. The number of hydrogen-bond donors (Lipinski definition) is 0. The van der Waals surface area contributed by atoms with Gasteiger partial charge in [0, 0.05) is 0 Å². The molecule has 0 aromatic heterocycles. The van der Waals surface area contributed by atoms with Crippen LogP contribution >= 0.6 is 0 Å². The van der Waals surface area contributed by atoms with Crippen molar-refractivity contribution in [1.82, 2.24) is 5.06 Å². The van der Waals surface area contributed by atoms with Crippen molar-refractivity contribution >= 4 is 5.97 Å². The lowest BCUT2D eigenvalue weighted by Gasteiger charge is -2.27. The largest absolute Gasteiger partial charge is 0.785 e. The van der Waals surface area contributed by atoms with Crippen LogP contribution in [0.3, 0.4) is 0 Å². The van der Waals surface area contributed by atoms with Crippen LogP contribution in [0.4, 0.5) is 0 Å². The first-order chi connectivity index (χ1) is 4.09. The van der Waals surface area contributed by atoms with E-state index in [1.165, 1.54) is 21.1 Å². The van der Waals surface area contributed by atoms with Crippen molar-refractivity contribution in [3.63, 3.8) is 0 Å². The summed E-state index contributed by atoms with van der Waals surface area (Å²) in [6.07, 6.45) is 0. The minimum atomic E-state index is -0.699. The molecule has 4 nitrogen and oxygen atoms in total. The van der Waals surface area contributed by atoms with Gasteiger partial charge in [-0.25, -0.2) is 0 Å². The molecule has 0 N–H and O–H groups in total. The second kappa shape index (κ2) is 3.42. The number of likely N-dealkylation sites (N-methyl/N-ethyl adjacent to an activating group) is 1. The highest BCUT2D eigenvalue weighted by Gasteiger charge is 2.10. The molecule has 4 heteroatoms. The van der Waals surface area contributed by atoms with E-state index in [4.69, 9.17) is 0 Å². The molecule has 9 heavy (non-hydrogen) atoms. The molecule has 1 unspecified atom stereocenters. The molecule has 0 aromatic rings. The average Bonchev–Trinajstić information content (AvgIpc) is 1.84. The number of ether oxygens (including phenoxy) is 1. The number of hydrogen-bond acceptors (Lipinski definition) is 4. The maximum atomic E-state index is 10.5. The van der Waals surface area contributed by atoms with Crippen molar-refractivity contribution in [2.24, 2.45) is 0 Å². The Morgan fingerprint density at radius 1 is 1.78 bits per heavy atom. The van der Waals surface area contributed by atoms with Crippen molar-refractivity contribution in [1.29, 1.82) is 0 Å². The van der Waals surface area contributed by atoms with E-state index in [2.05, 4.69) is 4.74 Å². The minimum absolute atomic E-state index is 0.507. The van der Waals surface area contributed by atoms with Crippen LogP contribution in [-0.4, -0.2) is 31.2 Å². The third-order valence-corrected chi connectivity index (χ3v) is 1.09. The summed E-state index contributed by atoms with van der Waals surface area (Å²) in [7, 11) is 2.53. The van der Waals surface area contributed by atoms with Gasteiger partial charge in [0.05, 0.1) is 13.2 Å². The second-order valence-electron chi connectivity index (χ2n) is 1.75. The van der Waals surface area contributed by atoms with Crippen LogP contribution in [0.2, 0.25) is 0 Å². The molecule has 0 radical (unpaired) electrons. The lowest BCUT2D eigenvalue weighted by atomic mass is 10.3. The summed E-state index contributed by atoms with van der Waals surface area (Å²) >= 11 is 0. The summed E-state index contributed by atoms with van der Waals surface area (Å²) in [5.41, 5.74) is 0. The van der Waals surface area contributed by atoms with Crippen molar-refractivity contribution in [2.45, 2.75) is 13.0 Å². The minimum Gasteiger partial charge on any atom is -0.785 e. The Morgan fingerprint density at radius 2 is 2.22 bits per heavy atom. The van der Waals surface area contributed by atoms with Crippen LogP contribution < -0.4 is 0 Å². The first-order valence-electron chi connectivity index (χ1n) is 2.57. The van der Waals surface area contributed by atoms with Crippen LogP contribution in [0.25, 0.3) is 0 Å². The predicted molar refractivity (Wildman–Crippen MR) is 32.6 cm³/mol. The Kier molecular flexibility index (Phi) is 3.19. The summed E-state index contributed by atoms with van der Waals surface area (Å²) in [6.45, 7) is 1.48. The molecule has 0 amide bonds. The zero-order valence-electron chi connectivity index (χ0n) is 5.75. The summed E-state index contributed by atoms with van der Waals surface area (Å²) in [4.78, 5) is 10.5. The Balaban J connectivity index is 3.72. The summed E-state index contributed by atoms with van der Waals surface area (Å²) < 4.78 is 4.29. The topological polar surface area (TPSA) is 52.6 Å². The van der Waals surface area contributed by atoms with Gasteiger partial charge in [0.25, 0.3) is 0 Å². The Morgan fingerprint density at radius 3 is 2.33 bits per heavy atom. The standard InChI is InChI=1S/C5H10NO3/c1-4(6(2)8)5(7)9-3/h4H,1-3H3/q-1. The van der Waals surface area contributed by atoms with Gasteiger partial charge in [0.1, 0.15) is 0 Å². The maximum Gasteiger partial charge on any atom is 0.321 e. The molecule has 0 spiro atoms. The molecule has 0 heterocycles. The van der Waals surface area contributed by atoms with Gasteiger partial charge in [0.15, 0.2) is 0 Å². The lowest BCUT2D eigenvalue weighted by Crippen LogP contribution is -2.32. The second-order valence-corrected chi connectivity index (χ2v) is 1.75. The highest BCUT2D eigenvalue weighted by atomic mass is 16.5. The van der Waals surface area contributed by atoms with Gasteiger partial charge in [-0.05, 0) is 14.0 Å². The molecule has 0 saturated carbocycles. The number of rotatable bonds is 2. The van der Waals surface area contributed by atoms with Gasteiger partial charge >= 0.3 is 5.97 Å². The Bertz CT molecular complexity index is 102. The van der Waals surface area contributed by atoms with Crippen molar-refractivity contribution < 1.29 is 9.53 Å². The fourth-order valence-corrected chi connectivity index (χ4v) is 0.319. The fraction of sp³-hybridized carbons (Fsp3) is 0.800. The Labute approximate surface area is 54.0 Å². The quantitative estimate of drug-likeness (QED) is 0.391. The first kappa shape index (κ1) is 8.39. The van der Waals surface area contributed by atoms with E-state index in [1.807, 2.05) is 0 Å². The molecule has 0 fully saturated rings. The number of nitrogens with zero attached hydrogens (tertiary/aromatic N) is 1. The average molecular weight is 132 g/mol. The SMILES string of the molecule is COC(=O)C(C)N(C)[O-]. The molecule has 0 aromatic carbocycles. The molecule has 0 bridgehead atoms. The van der Waals surface area contributed by atoms with E-state index >= 15 is 0 Å². The molecule has 0 aliphatic heterocycles. The van der Waals surface area contributed by atoms with E-state index in [1.54, 1.807) is 0 Å². The molecular formula is C5H10NO3-. The van der Waals surface area contributed by atoms with Crippen molar-refractivity contribution in [2.75, 3.05) is 14.2 Å². The van der Waals surface area contributed by atoms with E-state index in [-0.39, 0.29) is 0 Å². The molecule has 1 atom stereocenters. The molecule has 54 valence electrons. The highest BCUT2D eigenvalue weighted by Crippen LogP contribution is 1.93. The van der Waals surface area contributed by atoms with Gasteiger partial charge in [0.2, 0.25) is 0 Å². The van der Waals surface area contributed by atoms with Gasteiger partial charge in [-0.3, -0.25) is 4.79 Å². The van der Waals surface area contributed by atoms with Crippen LogP contribution in [0.1, 0.15) is 6.92 Å². The van der Waals surface area contributed by atoms with E-state index < -0.39 is 12.0 Å². The number of carbonyl (C=O) groups is 1. The van der Waals surface area contributed by atoms with Crippen LogP contribution in [-0.2, 0) is 9.53 Å². The van der Waals surface area contributed by atoms with Crippen LogP contribution in [0.5, 0.6) is 0 Å². The third kappa shape index (κ3) is 2.43. The monoisotopic (exact) mass is 132 g/mol. The van der Waals surface area contributed by atoms with Gasteiger partial charge in [-0.2, -0.15) is 0 Å². The summed E-state index contributed by atoms with van der Waals surface area (Å²) in [5, 5.41) is 10.9. The number of carbonyl (C=O) groups excluding carboxylic acids is 1. The number of methoxy groups -OCH3 is 1. The van der Waals surface area contributed by atoms with E-state index in [0.29, 0.717) is 5.06 Å². The van der Waals surface area contributed by atoms with E-state index in [0.717, 1.165) is 0 Å². The molecule has 0 rings (SSSR count). The van der Waals surface area contributed by atoms with Crippen molar-refractivity contribution in [3.8, 4) is 0 Å². The van der Waals surface area contributed by atoms with Gasteiger partial charge in [-0.1, -0.05) is 0 Å². The van der Waals surface area contributed by atoms with Crippen LogP contribution in [0.15, 0.2) is 0 Å². The molecular weight excluding hydrogens is 122 g/mol. The zero-order chi connectivity index (χ0) is 7.44. The van der Waals surface area contributed by atoms with E-state index in [9.17, 15) is 10.0 Å². The highest BCUT2D eigenvalue weighted by molar-refractivity contribution is 5.75. The Hall–Kier alpha value is -0.610. The van der Waals surface area contributed by atoms with Crippen LogP contribution in [0, 0.1) is 5.21 Å². The predicted octanol–water partition coefficient (Wildman–Crippen LogP) is -0.0225. The normalized spacial score (nSPS) is 13.4. The third-order valence-electron chi connectivity index (χ3n) is 1.09. The van der Waals surface area contributed by atoms with Gasteiger partial charge in [-0.15, -0.1) is 0 Å². The zero-order valence-corrected chi connectivity index (χ0v) is 5.75. The molecule has 0 aliphatic carbocycles. The summed E-state index contributed by atoms with van der Waals surface area (Å²) in [5.74, 6) is -0.507. The first-order valence-corrected chi connectivity index (χ1v) is 2.57. The number of hydroxylamine groups is 2. The fourth-order valence-electron chi connectivity index (χ4n) is 0.319. The lowest BCUT2D eigenvalue weighted by molar-refractivity contribution is -0.144. The number of esters is 1. The van der Waals surface area contributed by atoms with Crippen molar-refractivity contribution in [3.05, 3.63) is 5.21 Å². The maximum absolute atomic E-state index is 10.5. The van der Waals surface area contributed by atoms with Gasteiger partial charge < -0.3 is 15.0 Å². The smallest absolute Gasteiger partial charge is 0.321 e. The summed E-state index contributed by atoms with van der Waals surface area (Å²) in [6, 6.07) is -0.699.